The molecule has 0 fully saturated rings. The Morgan fingerprint density at radius 3 is 2.54 bits per heavy atom. The average molecular weight is 327 g/mol. The summed E-state index contributed by atoms with van der Waals surface area (Å²) in [6.45, 7) is 4.65. The van der Waals surface area contributed by atoms with Crippen LogP contribution in [0.2, 0.25) is 0 Å². The van der Waals surface area contributed by atoms with Crippen molar-refractivity contribution in [2.75, 3.05) is 19.0 Å². The summed E-state index contributed by atoms with van der Waals surface area (Å²) in [4.78, 5) is 4.35. The molecule has 3 N–H and O–H groups in total. The van der Waals surface area contributed by atoms with Gasteiger partial charge in [0, 0.05) is 18.3 Å². The molecule has 0 amide bonds. The van der Waals surface area contributed by atoms with E-state index in [1.54, 1.807) is 7.11 Å². The topological polar surface area (TPSA) is 68.9 Å². The van der Waals surface area contributed by atoms with Gasteiger partial charge in [-0.3, -0.25) is 4.99 Å². The third-order valence-electron chi connectivity index (χ3n) is 3.32. The third kappa shape index (κ3) is 5.83. The van der Waals surface area contributed by atoms with E-state index in [-0.39, 0.29) is 6.10 Å². The first-order valence-electron chi connectivity index (χ1n) is 8.03. The van der Waals surface area contributed by atoms with Crippen molar-refractivity contribution in [1.82, 2.24) is 0 Å². The first-order valence-corrected chi connectivity index (χ1v) is 8.03. The van der Waals surface area contributed by atoms with Crippen LogP contribution in [0.3, 0.4) is 0 Å². The number of benzene rings is 2. The number of methoxy groups -OCH3 is 1. The molecule has 0 aliphatic heterocycles. The van der Waals surface area contributed by atoms with Crippen molar-refractivity contribution < 1.29 is 9.47 Å². The van der Waals surface area contributed by atoms with Gasteiger partial charge >= 0.3 is 0 Å². The molecule has 0 aromatic heterocycles. The summed E-state index contributed by atoms with van der Waals surface area (Å²) in [5.74, 6) is 2.05. The summed E-state index contributed by atoms with van der Waals surface area (Å²) in [5, 5.41) is 3.06. The molecule has 0 spiro atoms. The highest BCUT2D eigenvalue weighted by molar-refractivity contribution is 5.92. The van der Waals surface area contributed by atoms with Crippen molar-refractivity contribution in [2.45, 2.75) is 26.4 Å². The van der Waals surface area contributed by atoms with E-state index < -0.39 is 0 Å². The molecule has 0 saturated carbocycles. The van der Waals surface area contributed by atoms with Gasteiger partial charge in [-0.15, -0.1) is 0 Å². The predicted octanol–water partition coefficient (Wildman–Crippen LogP) is 3.45. The second kappa shape index (κ2) is 8.82. The quantitative estimate of drug-likeness (QED) is 0.604. The predicted molar refractivity (Wildman–Crippen MR) is 99.0 cm³/mol. The molecule has 2 aromatic rings. The van der Waals surface area contributed by atoms with E-state index in [1.165, 1.54) is 5.56 Å². The van der Waals surface area contributed by atoms with Crippen LogP contribution in [0.5, 0.6) is 11.5 Å². The molecule has 0 aliphatic rings. The van der Waals surface area contributed by atoms with Crippen molar-refractivity contribution in [1.29, 1.82) is 0 Å². The van der Waals surface area contributed by atoms with Gasteiger partial charge in [0.15, 0.2) is 5.96 Å². The third-order valence-corrected chi connectivity index (χ3v) is 3.32. The molecule has 5 nitrogen and oxygen atoms in total. The van der Waals surface area contributed by atoms with Crippen LogP contribution in [-0.4, -0.2) is 25.7 Å². The van der Waals surface area contributed by atoms with Crippen molar-refractivity contribution >= 4 is 11.6 Å². The van der Waals surface area contributed by atoms with Gasteiger partial charge in [0.25, 0.3) is 0 Å². The fraction of sp³-hybridized carbons (Fsp3) is 0.316. The molecule has 0 radical (unpaired) electrons. The molecule has 2 rings (SSSR count). The lowest BCUT2D eigenvalue weighted by molar-refractivity contribution is 0.242. The number of nitrogens with one attached hydrogen (secondary N) is 1. The number of rotatable bonds is 7. The lowest BCUT2D eigenvalue weighted by Gasteiger charge is -2.10. The maximum Gasteiger partial charge on any atom is 0.193 e. The largest absolute Gasteiger partial charge is 0.497 e. The first-order chi connectivity index (χ1) is 11.6. The van der Waals surface area contributed by atoms with Crippen molar-refractivity contribution in [3.63, 3.8) is 0 Å². The maximum absolute atomic E-state index is 5.92. The Balaban J connectivity index is 1.84. The number of nitrogens with two attached hydrogens (primary N) is 1. The van der Waals surface area contributed by atoms with Crippen LogP contribution >= 0.6 is 0 Å². The molecular formula is C19H25N3O2. The number of nitrogens with zero attached hydrogens (tertiary/aromatic N) is 1. The Morgan fingerprint density at radius 1 is 1.12 bits per heavy atom. The van der Waals surface area contributed by atoms with Gasteiger partial charge in [-0.1, -0.05) is 18.2 Å². The summed E-state index contributed by atoms with van der Waals surface area (Å²) in [7, 11) is 1.63. The Hall–Kier alpha value is -2.69. The van der Waals surface area contributed by atoms with Crippen LogP contribution in [0.15, 0.2) is 53.5 Å². The Kier molecular flexibility index (Phi) is 6.49. The summed E-state index contributed by atoms with van der Waals surface area (Å²) in [6, 6.07) is 15.6. The van der Waals surface area contributed by atoms with Gasteiger partial charge in [0.1, 0.15) is 11.5 Å². The summed E-state index contributed by atoms with van der Waals surface area (Å²) >= 11 is 0. The number of guanidine groups is 1. The van der Waals surface area contributed by atoms with Gasteiger partial charge in [0.05, 0.1) is 13.2 Å². The fourth-order valence-corrected chi connectivity index (χ4v) is 2.20. The summed E-state index contributed by atoms with van der Waals surface area (Å²) in [6.07, 6.45) is 1.01. The zero-order valence-corrected chi connectivity index (χ0v) is 14.5. The van der Waals surface area contributed by atoms with E-state index in [1.807, 2.05) is 50.2 Å². The highest BCUT2D eigenvalue weighted by Gasteiger charge is 2.00. The number of hydrogen-bond acceptors (Lipinski definition) is 3. The van der Waals surface area contributed by atoms with Crippen molar-refractivity contribution in [2.24, 2.45) is 10.7 Å². The maximum atomic E-state index is 5.92. The van der Waals surface area contributed by atoms with Crippen LogP contribution < -0.4 is 20.5 Å². The van der Waals surface area contributed by atoms with Crippen LogP contribution in [0.25, 0.3) is 0 Å². The second-order valence-electron chi connectivity index (χ2n) is 5.68. The normalized spacial score (nSPS) is 11.4. The molecule has 0 heterocycles. The SMILES string of the molecule is COc1cccc(NC(N)=NCCc2ccc(OC(C)C)cc2)c1. The molecule has 0 atom stereocenters. The van der Waals surface area contributed by atoms with Gasteiger partial charge in [0.2, 0.25) is 0 Å². The molecule has 2 aromatic carbocycles. The van der Waals surface area contributed by atoms with Crippen molar-refractivity contribution in [3.8, 4) is 11.5 Å². The first kappa shape index (κ1) is 17.7. The lowest BCUT2D eigenvalue weighted by atomic mass is 10.1. The smallest absolute Gasteiger partial charge is 0.193 e. The van der Waals surface area contributed by atoms with Crippen LogP contribution in [0, 0.1) is 0 Å². The highest BCUT2D eigenvalue weighted by Crippen LogP contribution is 2.16. The second-order valence-corrected chi connectivity index (χ2v) is 5.68. The molecule has 24 heavy (non-hydrogen) atoms. The van der Waals surface area contributed by atoms with Gasteiger partial charge < -0.3 is 20.5 Å². The molecule has 128 valence electrons. The van der Waals surface area contributed by atoms with E-state index >= 15 is 0 Å². The van der Waals surface area contributed by atoms with E-state index in [0.717, 1.165) is 23.6 Å². The van der Waals surface area contributed by atoms with Gasteiger partial charge in [-0.05, 0) is 50.1 Å². The zero-order valence-electron chi connectivity index (χ0n) is 14.5. The highest BCUT2D eigenvalue weighted by atomic mass is 16.5. The van der Waals surface area contributed by atoms with Crippen LogP contribution in [0.4, 0.5) is 5.69 Å². The van der Waals surface area contributed by atoms with E-state index in [2.05, 4.69) is 22.4 Å². The number of ether oxygens (including phenoxy) is 2. The molecule has 5 heteroatoms. The zero-order chi connectivity index (χ0) is 17.4. The van der Waals surface area contributed by atoms with Crippen LogP contribution in [-0.2, 0) is 6.42 Å². The molecule has 0 aliphatic carbocycles. The lowest BCUT2D eigenvalue weighted by Crippen LogP contribution is -2.23. The molecular weight excluding hydrogens is 302 g/mol. The summed E-state index contributed by atoms with van der Waals surface area (Å²) < 4.78 is 10.8. The monoisotopic (exact) mass is 327 g/mol. The average Bonchev–Trinajstić information content (AvgIpc) is 2.56. The Bertz CT molecular complexity index is 667. The Labute approximate surface area is 143 Å². The van der Waals surface area contributed by atoms with E-state index in [4.69, 9.17) is 15.2 Å². The Morgan fingerprint density at radius 2 is 1.88 bits per heavy atom. The molecule has 0 unspecified atom stereocenters. The summed E-state index contributed by atoms with van der Waals surface area (Å²) in [5.41, 5.74) is 7.97. The van der Waals surface area contributed by atoms with Crippen molar-refractivity contribution in [3.05, 3.63) is 54.1 Å². The molecule has 0 bridgehead atoms. The van der Waals surface area contributed by atoms with Gasteiger partial charge in [-0.2, -0.15) is 0 Å². The minimum Gasteiger partial charge on any atom is -0.497 e. The fourth-order valence-electron chi connectivity index (χ4n) is 2.20. The van der Waals surface area contributed by atoms with E-state index in [0.29, 0.717) is 12.5 Å². The number of aliphatic imine (C=N–C) groups is 1. The minimum atomic E-state index is 0.183. The van der Waals surface area contributed by atoms with Gasteiger partial charge in [-0.25, -0.2) is 0 Å². The van der Waals surface area contributed by atoms with E-state index in [9.17, 15) is 0 Å². The standard InChI is InChI=1S/C19H25N3O2/c1-14(2)24-17-9-7-15(8-10-17)11-12-21-19(20)22-16-5-4-6-18(13-16)23-3/h4-10,13-14H,11-12H2,1-3H3,(H3,20,21,22). The minimum absolute atomic E-state index is 0.183. The van der Waals surface area contributed by atoms with Crippen LogP contribution in [0.1, 0.15) is 19.4 Å². The number of anilines is 1. The molecule has 0 saturated heterocycles. The number of hydrogen-bond donors (Lipinski definition) is 2.